The Morgan fingerprint density at radius 2 is 1.82 bits per heavy atom. The third kappa shape index (κ3) is 8.69. The third-order valence-electron chi connectivity index (χ3n) is 5.67. The zero-order valence-electron chi connectivity index (χ0n) is 22.2. The molecule has 2 heterocycles. The van der Waals surface area contributed by atoms with Gasteiger partial charge in [0.25, 0.3) is 0 Å². The van der Waals surface area contributed by atoms with Crippen molar-refractivity contribution in [3.63, 3.8) is 0 Å². The van der Waals surface area contributed by atoms with E-state index in [1.807, 2.05) is 36.4 Å². The number of amides is 1. The van der Waals surface area contributed by atoms with Crippen LogP contribution in [0.25, 0.3) is 0 Å². The molecule has 0 aliphatic carbocycles. The molecule has 3 N–H and O–H groups in total. The number of benzene rings is 2. The number of carbonyl (C=O) groups excluding carboxylic acids is 2. The summed E-state index contributed by atoms with van der Waals surface area (Å²) in [5, 5.41) is 3.57. The monoisotopic (exact) mass is 564 g/mol. The second-order valence-corrected chi connectivity index (χ2v) is 12.4. The number of thiazole rings is 1. The van der Waals surface area contributed by atoms with Crippen LogP contribution in [0.2, 0.25) is 0 Å². The maximum Gasteiger partial charge on any atom is 0.227 e. The number of anilines is 2. The molecular formula is C29H32N4O4S2. The number of thioether (sulfide) groups is 1. The Bertz CT molecular complexity index is 1410. The molecule has 10 heteroatoms. The summed E-state index contributed by atoms with van der Waals surface area (Å²) in [6, 6.07) is 14.4. The van der Waals surface area contributed by atoms with Crippen LogP contribution in [-0.4, -0.2) is 28.3 Å². The summed E-state index contributed by atoms with van der Waals surface area (Å²) in [5.41, 5.74) is 7.78. The minimum absolute atomic E-state index is 0.0715. The van der Waals surface area contributed by atoms with Crippen LogP contribution >= 0.6 is 23.1 Å². The van der Waals surface area contributed by atoms with Gasteiger partial charge in [-0.3, -0.25) is 9.59 Å². The maximum absolute atomic E-state index is 12.6. The number of para-hydroxylation sites is 2. The molecule has 8 nitrogen and oxygen atoms in total. The van der Waals surface area contributed by atoms with Gasteiger partial charge < -0.3 is 20.2 Å². The second kappa shape index (κ2) is 12.9. The van der Waals surface area contributed by atoms with Crippen molar-refractivity contribution in [1.82, 2.24) is 9.97 Å². The maximum atomic E-state index is 12.6. The Kier molecular flexibility index (Phi) is 9.42. The lowest BCUT2D eigenvalue weighted by Gasteiger charge is -2.12. The second-order valence-electron chi connectivity index (χ2n) is 10.0. The zero-order chi connectivity index (χ0) is 27.8. The number of nitrogens with zero attached hydrogens (tertiary/aromatic N) is 2. The summed E-state index contributed by atoms with van der Waals surface area (Å²) in [5.74, 6) is 2.72. The van der Waals surface area contributed by atoms with Crippen molar-refractivity contribution in [1.29, 1.82) is 0 Å². The molecule has 0 aliphatic rings. The van der Waals surface area contributed by atoms with E-state index in [-0.39, 0.29) is 36.6 Å². The van der Waals surface area contributed by atoms with Crippen molar-refractivity contribution in [2.75, 3.05) is 17.7 Å². The molecular weight excluding hydrogens is 532 g/mol. The quantitative estimate of drug-likeness (QED) is 0.157. The number of aromatic nitrogens is 2. The molecule has 0 unspecified atom stereocenters. The highest BCUT2D eigenvalue weighted by atomic mass is 32.2. The molecule has 2 aromatic heterocycles. The zero-order valence-corrected chi connectivity index (χ0v) is 23.9. The number of hydrogen-bond acceptors (Lipinski definition) is 9. The minimum Gasteiger partial charge on any atom is -0.493 e. The van der Waals surface area contributed by atoms with Crippen LogP contribution in [0.1, 0.15) is 49.4 Å². The summed E-state index contributed by atoms with van der Waals surface area (Å²) in [6.07, 6.45) is 4.38. The van der Waals surface area contributed by atoms with Gasteiger partial charge in [0, 0.05) is 11.8 Å². The van der Waals surface area contributed by atoms with Gasteiger partial charge in [-0.1, -0.05) is 45.0 Å². The highest BCUT2D eigenvalue weighted by molar-refractivity contribution is 8.00. The molecule has 204 valence electrons. The Labute approximate surface area is 236 Å². The highest BCUT2D eigenvalue weighted by Gasteiger charge is 2.19. The molecule has 0 fully saturated rings. The summed E-state index contributed by atoms with van der Waals surface area (Å²) < 4.78 is 12.5. The number of ether oxygens (including phenoxy) is 1. The topological polar surface area (TPSA) is 120 Å². The molecule has 2 aromatic carbocycles. The van der Waals surface area contributed by atoms with E-state index >= 15 is 0 Å². The van der Waals surface area contributed by atoms with Gasteiger partial charge in [-0.25, -0.2) is 9.97 Å². The number of nitrogens with one attached hydrogen (secondary N) is 1. The number of nitrogen functional groups attached to an aromatic ring is 1. The fourth-order valence-corrected chi connectivity index (χ4v) is 5.45. The summed E-state index contributed by atoms with van der Waals surface area (Å²) in [7, 11) is 0. The number of oxazole rings is 1. The van der Waals surface area contributed by atoms with Gasteiger partial charge in [-0.05, 0) is 29.8 Å². The first-order valence-corrected chi connectivity index (χ1v) is 14.4. The Balaban J connectivity index is 1.17. The van der Waals surface area contributed by atoms with Crippen molar-refractivity contribution < 1.29 is 18.7 Å². The Morgan fingerprint density at radius 1 is 1.05 bits per heavy atom. The normalized spacial score (nSPS) is 11.4. The number of hydrogen-bond donors (Lipinski definition) is 2. The summed E-state index contributed by atoms with van der Waals surface area (Å²) >= 11 is 3.12. The molecule has 0 bridgehead atoms. The van der Waals surface area contributed by atoms with Gasteiger partial charge in [-0.15, -0.1) is 23.1 Å². The number of rotatable bonds is 12. The average molecular weight is 565 g/mol. The molecule has 0 radical (unpaired) electrons. The molecule has 0 atom stereocenters. The van der Waals surface area contributed by atoms with Gasteiger partial charge in [-0.2, -0.15) is 0 Å². The van der Waals surface area contributed by atoms with Gasteiger partial charge in [0.05, 0.1) is 53.2 Å². The number of nitrogens with two attached hydrogens (primary N) is 1. The van der Waals surface area contributed by atoms with E-state index in [1.165, 1.54) is 11.3 Å². The fraction of sp³-hybridized carbons (Fsp3) is 0.310. The molecule has 1 amide bonds. The number of carbonyl (C=O) groups is 2. The van der Waals surface area contributed by atoms with Crippen molar-refractivity contribution in [2.45, 2.75) is 55.4 Å². The smallest absolute Gasteiger partial charge is 0.227 e. The Morgan fingerprint density at radius 3 is 2.54 bits per heavy atom. The average Bonchev–Trinajstić information content (AvgIpc) is 3.55. The van der Waals surface area contributed by atoms with Crippen LogP contribution in [0.4, 0.5) is 11.4 Å². The summed E-state index contributed by atoms with van der Waals surface area (Å²) in [6.45, 7) is 6.50. The molecule has 39 heavy (non-hydrogen) atoms. The predicted octanol–water partition coefficient (Wildman–Crippen LogP) is 6.07. The predicted molar refractivity (Wildman–Crippen MR) is 155 cm³/mol. The van der Waals surface area contributed by atoms with Crippen LogP contribution in [0.5, 0.6) is 5.75 Å². The van der Waals surface area contributed by atoms with E-state index < -0.39 is 0 Å². The molecule has 0 spiro atoms. The van der Waals surface area contributed by atoms with Crippen molar-refractivity contribution in [3.8, 4) is 5.75 Å². The first kappa shape index (κ1) is 28.4. The van der Waals surface area contributed by atoms with Gasteiger partial charge >= 0.3 is 0 Å². The largest absolute Gasteiger partial charge is 0.493 e. The standard InChI is InChI=1S/C29H32N4O4S2/c1-29(2,3)24-16-31-26(37-24)18-38-28-17-32-27(39-28)15-20(34)14-19-8-10-21(11-9-19)36-13-12-25(35)33-23-7-5-4-6-22(23)30/h4-11,16-17H,12-15,18,30H2,1-3H3,(H,33,35). The van der Waals surface area contributed by atoms with Crippen LogP contribution in [0.3, 0.4) is 0 Å². The van der Waals surface area contributed by atoms with Crippen LogP contribution < -0.4 is 15.8 Å². The van der Waals surface area contributed by atoms with E-state index in [0.29, 0.717) is 35.2 Å². The van der Waals surface area contributed by atoms with Crippen molar-refractivity contribution >= 4 is 46.2 Å². The molecule has 0 saturated heterocycles. The fourth-order valence-electron chi connectivity index (χ4n) is 3.55. The lowest BCUT2D eigenvalue weighted by Crippen LogP contribution is -2.16. The van der Waals surface area contributed by atoms with E-state index in [9.17, 15) is 9.59 Å². The van der Waals surface area contributed by atoms with E-state index in [0.717, 1.165) is 20.5 Å². The number of Topliss-reactive ketones (excluding diaryl/α,β-unsaturated/α-hetero) is 1. The molecule has 4 rings (SSSR count). The van der Waals surface area contributed by atoms with Crippen LogP contribution in [0.15, 0.2) is 69.6 Å². The molecule has 0 aliphatic heterocycles. The van der Waals surface area contributed by atoms with Crippen molar-refractivity contribution in [2.24, 2.45) is 0 Å². The first-order valence-electron chi connectivity index (χ1n) is 12.6. The van der Waals surface area contributed by atoms with E-state index in [1.54, 1.807) is 36.3 Å². The highest BCUT2D eigenvalue weighted by Crippen LogP contribution is 2.30. The van der Waals surface area contributed by atoms with E-state index in [2.05, 4.69) is 36.1 Å². The SMILES string of the molecule is CC(C)(C)c1cnc(CSc2cnc(CC(=O)Cc3ccc(OCCC(=O)Nc4ccccc4N)cc3)s2)o1. The van der Waals surface area contributed by atoms with Crippen LogP contribution in [-0.2, 0) is 33.6 Å². The molecule has 0 saturated carbocycles. The summed E-state index contributed by atoms with van der Waals surface area (Å²) in [4.78, 5) is 33.5. The number of ketones is 1. The lowest BCUT2D eigenvalue weighted by molar-refractivity contribution is -0.118. The van der Waals surface area contributed by atoms with Crippen molar-refractivity contribution in [3.05, 3.63) is 83.1 Å². The van der Waals surface area contributed by atoms with Crippen LogP contribution in [0, 0.1) is 0 Å². The third-order valence-corrected chi connectivity index (χ3v) is 7.85. The first-order chi connectivity index (χ1) is 18.7. The Hall–Kier alpha value is -3.63. The van der Waals surface area contributed by atoms with Gasteiger partial charge in [0.1, 0.15) is 22.3 Å². The minimum atomic E-state index is -0.175. The van der Waals surface area contributed by atoms with Gasteiger partial charge in [0.15, 0.2) is 0 Å². The van der Waals surface area contributed by atoms with Gasteiger partial charge in [0.2, 0.25) is 11.8 Å². The lowest BCUT2D eigenvalue weighted by atomic mass is 9.94. The van der Waals surface area contributed by atoms with E-state index in [4.69, 9.17) is 14.9 Å². The molecule has 4 aromatic rings.